The van der Waals surface area contributed by atoms with Gasteiger partial charge < -0.3 is 10.1 Å². The van der Waals surface area contributed by atoms with E-state index in [2.05, 4.69) is 5.32 Å². The predicted octanol–water partition coefficient (Wildman–Crippen LogP) is 4.22. The second-order valence-corrected chi connectivity index (χ2v) is 5.67. The van der Waals surface area contributed by atoms with Crippen molar-refractivity contribution in [2.24, 2.45) is 0 Å². The van der Waals surface area contributed by atoms with E-state index >= 15 is 0 Å². The van der Waals surface area contributed by atoms with Crippen molar-refractivity contribution in [3.63, 3.8) is 0 Å². The molecule has 0 atom stereocenters. The van der Waals surface area contributed by atoms with Crippen LogP contribution in [0.3, 0.4) is 0 Å². The molecule has 0 aliphatic carbocycles. The summed E-state index contributed by atoms with van der Waals surface area (Å²) in [4.78, 5) is 23.6. The van der Waals surface area contributed by atoms with Gasteiger partial charge in [0.05, 0.1) is 15.7 Å². The van der Waals surface area contributed by atoms with Crippen LogP contribution in [0.25, 0.3) is 6.08 Å². The van der Waals surface area contributed by atoms with E-state index in [0.717, 1.165) is 0 Å². The average molecular weight is 348 g/mol. The highest BCUT2D eigenvalue weighted by Gasteiger charge is 2.17. The van der Waals surface area contributed by atoms with E-state index in [1.807, 2.05) is 0 Å². The third kappa shape index (κ3) is 3.38. The van der Waals surface area contributed by atoms with Gasteiger partial charge in [-0.3, -0.25) is 9.59 Å². The molecule has 0 fully saturated rings. The number of carbonyl (C=O) groups is 2. The number of halogens is 2. The standard InChI is InChI=1S/C17H11Cl2NO3/c18-12-3-1-2-10(17(12)19)4-6-14(21)11-5-7-15-13(8-11)20-16(22)9-23-15/h1-8H,9H2,(H,20,22)/b6-4+. The van der Waals surface area contributed by atoms with Gasteiger partial charge >= 0.3 is 0 Å². The Hall–Kier alpha value is -2.30. The van der Waals surface area contributed by atoms with Gasteiger partial charge in [0.2, 0.25) is 0 Å². The van der Waals surface area contributed by atoms with Crippen molar-refractivity contribution < 1.29 is 14.3 Å². The number of fused-ring (bicyclic) bond motifs is 1. The van der Waals surface area contributed by atoms with E-state index in [1.165, 1.54) is 6.08 Å². The van der Waals surface area contributed by atoms with Gasteiger partial charge in [-0.1, -0.05) is 35.3 Å². The van der Waals surface area contributed by atoms with Crippen molar-refractivity contribution >= 4 is 46.7 Å². The SMILES string of the molecule is O=C1COc2ccc(C(=O)/C=C/c3cccc(Cl)c3Cl)cc2N1. The first kappa shape index (κ1) is 15.6. The van der Waals surface area contributed by atoms with Gasteiger partial charge in [0.15, 0.2) is 12.4 Å². The average Bonchev–Trinajstić information content (AvgIpc) is 2.55. The number of ether oxygens (including phenoxy) is 1. The summed E-state index contributed by atoms with van der Waals surface area (Å²) in [5.74, 6) is 0.0787. The van der Waals surface area contributed by atoms with Crippen LogP contribution in [0.4, 0.5) is 5.69 Å². The minimum atomic E-state index is -0.247. The molecule has 2 aromatic rings. The Bertz CT molecular complexity index is 831. The molecule has 0 radical (unpaired) electrons. The van der Waals surface area contributed by atoms with Crippen molar-refractivity contribution in [1.29, 1.82) is 0 Å². The minimum Gasteiger partial charge on any atom is -0.482 e. The molecule has 1 aliphatic rings. The fourth-order valence-electron chi connectivity index (χ4n) is 2.15. The maximum Gasteiger partial charge on any atom is 0.262 e. The van der Waals surface area contributed by atoms with Gasteiger partial charge in [0.1, 0.15) is 5.75 Å². The molecule has 2 aromatic carbocycles. The molecule has 0 saturated carbocycles. The van der Waals surface area contributed by atoms with Crippen LogP contribution in [-0.2, 0) is 4.79 Å². The lowest BCUT2D eigenvalue weighted by molar-refractivity contribution is -0.118. The van der Waals surface area contributed by atoms with Gasteiger partial charge in [0, 0.05) is 5.56 Å². The number of hydrogen-bond acceptors (Lipinski definition) is 3. The maximum atomic E-state index is 12.3. The summed E-state index contributed by atoms with van der Waals surface area (Å²) in [7, 11) is 0. The summed E-state index contributed by atoms with van der Waals surface area (Å²) < 4.78 is 5.26. The minimum absolute atomic E-state index is 0.0204. The zero-order valence-electron chi connectivity index (χ0n) is 11.8. The van der Waals surface area contributed by atoms with Crippen LogP contribution in [0.2, 0.25) is 10.0 Å². The quantitative estimate of drug-likeness (QED) is 0.667. The first-order valence-corrected chi connectivity index (χ1v) is 7.53. The van der Waals surface area contributed by atoms with E-state index < -0.39 is 0 Å². The summed E-state index contributed by atoms with van der Waals surface area (Å²) in [5, 5.41) is 3.49. The highest BCUT2D eigenvalue weighted by atomic mass is 35.5. The largest absolute Gasteiger partial charge is 0.482 e. The van der Waals surface area contributed by atoms with Gasteiger partial charge in [-0.2, -0.15) is 0 Å². The number of carbonyl (C=O) groups excluding carboxylic acids is 2. The number of nitrogens with one attached hydrogen (secondary N) is 1. The van der Waals surface area contributed by atoms with Gasteiger partial charge in [-0.25, -0.2) is 0 Å². The van der Waals surface area contributed by atoms with Crippen LogP contribution < -0.4 is 10.1 Å². The maximum absolute atomic E-state index is 12.3. The van der Waals surface area contributed by atoms with Crippen LogP contribution in [0, 0.1) is 0 Å². The van der Waals surface area contributed by atoms with Crippen LogP contribution in [0.15, 0.2) is 42.5 Å². The first-order valence-electron chi connectivity index (χ1n) is 6.78. The number of benzene rings is 2. The Balaban J connectivity index is 1.83. The Morgan fingerprint density at radius 3 is 2.87 bits per heavy atom. The van der Waals surface area contributed by atoms with Crippen molar-refractivity contribution in [2.45, 2.75) is 0 Å². The van der Waals surface area contributed by atoms with E-state index in [0.29, 0.717) is 32.6 Å². The van der Waals surface area contributed by atoms with Crippen LogP contribution in [0.5, 0.6) is 5.75 Å². The number of anilines is 1. The van der Waals surface area contributed by atoms with Gasteiger partial charge in [-0.05, 0) is 42.0 Å². The highest BCUT2D eigenvalue weighted by molar-refractivity contribution is 6.42. The molecule has 0 spiro atoms. The third-order valence-electron chi connectivity index (χ3n) is 3.29. The fraction of sp³-hybridized carbons (Fsp3) is 0.0588. The third-order valence-corrected chi connectivity index (χ3v) is 4.13. The first-order chi connectivity index (χ1) is 11.0. The van der Waals surface area contributed by atoms with Crippen molar-refractivity contribution in [3.05, 3.63) is 63.6 Å². The Kier molecular flexibility index (Phi) is 4.37. The molecule has 3 rings (SSSR count). The molecule has 116 valence electrons. The number of hydrogen-bond donors (Lipinski definition) is 1. The smallest absolute Gasteiger partial charge is 0.262 e. The zero-order valence-corrected chi connectivity index (χ0v) is 13.3. The summed E-state index contributed by atoms with van der Waals surface area (Å²) in [5.41, 5.74) is 1.58. The van der Waals surface area contributed by atoms with E-state index in [4.69, 9.17) is 27.9 Å². The molecule has 1 amide bonds. The van der Waals surface area contributed by atoms with Crippen molar-refractivity contribution in [1.82, 2.24) is 0 Å². The second-order valence-electron chi connectivity index (χ2n) is 4.89. The zero-order chi connectivity index (χ0) is 16.4. The molecule has 0 unspecified atom stereocenters. The van der Waals surface area contributed by atoms with E-state index in [9.17, 15) is 9.59 Å². The van der Waals surface area contributed by atoms with E-state index in [-0.39, 0.29) is 18.3 Å². The summed E-state index contributed by atoms with van der Waals surface area (Å²) in [6.45, 7) is -0.0204. The number of allylic oxidation sites excluding steroid dienone is 1. The number of amides is 1. The monoisotopic (exact) mass is 347 g/mol. The normalized spacial score (nSPS) is 13.4. The molecule has 0 aromatic heterocycles. The molecule has 4 nitrogen and oxygen atoms in total. The molecule has 1 N–H and O–H groups in total. The molecular formula is C17H11Cl2NO3. The molecule has 1 aliphatic heterocycles. The van der Waals surface area contributed by atoms with Gasteiger partial charge in [-0.15, -0.1) is 0 Å². The molecule has 6 heteroatoms. The fourth-order valence-corrected chi connectivity index (χ4v) is 2.52. The molecule has 23 heavy (non-hydrogen) atoms. The van der Waals surface area contributed by atoms with Crippen LogP contribution in [-0.4, -0.2) is 18.3 Å². The lowest BCUT2D eigenvalue weighted by atomic mass is 10.1. The van der Waals surface area contributed by atoms with Crippen molar-refractivity contribution in [3.8, 4) is 5.75 Å². The topological polar surface area (TPSA) is 55.4 Å². The summed E-state index contributed by atoms with van der Waals surface area (Å²) in [6, 6.07) is 10.1. The predicted molar refractivity (Wildman–Crippen MR) is 90.4 cm³/mol. The molecule has 0 bridgehead atoms. The van der Waals surface area contributed by atoms with Crippen LogP contribution in [0.1, 0.15) is 15.9 Å². The lowest BCUT2D eigenvalue weighted by Gasteiger charge is -2.17. The van der Waals surface area contributed by atoms with Crippen LogP contribution >= 0.6 is 23.2 Å². The Labute approximate surface area is 142 Å². The van der Waals surface area contributed by atoms with Crippen molar-refractivity contribution in [2.75, 3.05) is 11.9 Å². The van der Waals surface area contributed by atoms with Gasteiger partial charge in [0.25, 0.3) is 5.91 Å². The molecule has 0 saturated heterocycles. The highest BCUT2D eigenvalue weighted by Crippen LogP contribution is 2.29. The second kappa shape index (κ2) is 6.44. The summed E-state index contributed by atoms with van der Waals surface area (Å²) >= 11 is 12.0. The lowest BCUT2D eigenvalue weighted by Crippen LogP contribution is -2.25. The number of ketones is 1. The summed E-state index contributed by atoms with van der Waals surface area (Å²) in [6.07, 6.45) is 3.01. The Morgan fingerprint density at radius 1 is 1.22 bits per heavy atom. The number of rotatable bonds is 3. The Morgan fingerprint density at radius 2 is 2.04 bits per heavy atom. The molecule has 1 heterocycles. The van der Waals surface area contributed by atoms with E-state index in [1.54, 1.807) is 42.5 Å². The molecular weight excluding hydrogens is 337 g/mol.